The zero-order chi connectivity index (χ0) is 12.5. The molecule has 0 aromatic carbocycles. The maximum Gasteiger partial charge on any atom is 0.150 e. The summed E-state index contributed by atoms with van der Waals surface area (Å²) in [6, 6.07) is 4.24. The van der Waals surface area contributed by atoms with Gasteiger partial charge in [0, 0.05) is 15.8 Å². The molecule has 1 aromatic rings. The van der Waals surface area contributed by atoms with Crippen molar-refractivity contribution < 1.29 is 8.42 Å². The number of hydrogen-bond acceptors (Lipinski definition) is 4. The number of thiophene rings is 1. The zero-order valence-corrected chi connectivity index (χ0v) is 11.7. The van der Waals surface area contributed by atoms with Gasteiger partial charge in [0.15, 0.2) is 9.84 Å². The van der Waals surface area contributed by atoms with Crippen molar-refractivity contribution in [3.05, 3.63) is 21.9 Å². The molecule has 2 unspecified atom stereocenters. The summed E-state index contributed by atoms with van der Waals surface area (Å²) in [7, 11) is -2.81. The second-order valence-electron chi connectivity index (χ2n) is 4.75. The SMILES string of the molecule is CCc1ccc(CC(N)C2CCS(=O)(=O)C2)s1. The third-order valence-corrected chi connectivity index (χ3v) is 6.42. The van der Waals surface area contributed by atoms with Crippen molar-refractivity contribution in [1.82, 2.24) is 0 Å². The first-order valence-corrected chi connectivity index (χ1v) is 8.67. The Hall–Kier alpha value is -0.390. The molecule has 2 rings (SSSR count). The topological polar surface area (TPSA) is 60.2 Å². The summed E-state index contributed by atoms with van der Waals surface area (Å²) in [5.41, 5.74) is 6.13. The first kappa shape index (κ1) is 13.1. The predicted molar refractivity (Wildman–Crippen MR) is 72.1 cm³/mol. The van der Waals surface area contributed by atoms with Crippen LogP contribution in [0.5, 0.6) is 0 Å². The molecular formula is C12H19NO2S2. The summed E-state index contributed by atoms with van der Waals surface area (Å²) >= 11 is 1.79. The summed E-state index contributed by atoms with van der Waals surface area (Å²) in [6.45, 7) is 2.14. The largest absolute Gasteiger partial charge is 0.327 e. The van der Waals surface area contributed by atoms with E-state index in [-0.39, 0.29) is 17.7 Å². The third kappa shape index (κ3) is 3.30. The summed E-state index contributed by atoms with van der Waals surface area (Å²) in [5.74, 6) is 0.739. The van der Waals surface area contributed by atoms with Gasteiger partial charge in [0.1, 0.15) is 0 Å². The fourth-order valence-electron chi connectivity index (χ4n) is 2.28. The van der Waals surface area contributed by atoms with Gasteiger partial charge < -0.3 is 5.73 Å². The fourth-order valence-corrected chi connectivity index (χ4v) is 5.21. The lowest BCUT2D eigenvalue weighted by Crippen LogP contribution is -2.32. The van der Waals surface area contributed by atoms with Gasteiger partial charge in [0.2, 0.25) is 0 Å². The molecule has 2 atom stereocenters. The van der Waals surface area contributed by atoms with Crippen LogP contribution in [0.2, 0.25) is 0 Å². The van der Waals surface area contributed by atoms with E-state index >= 15 is 0 Å². The average molecular weight is 273 g/mol. The molecule has 1 fully saturated rings. The molecule has 0 bridgehead atoms. The van der Waals surface area contributed by atoms with E-state index in [2.05, 4.69) is 19.1 Å². The van der Waals surface area contributed by atoms with Crippen LogP contribution in [0.4, 0.5) is 0 Å². The van der Waals surface area contributed by atoms with Crippen LogP contribution >= 0.6 is 11.3 Å². The molecular weight excluding hydrogens is 254 g/mol. The number of aryl methyl sites for hydroxylation is 1. The maximum atomic E-state index is 11.4. The van der Waals surface area contributed by atoms with Gasteiger partial charge in [0.05, 0.1) is 11.5 Å². The normalized spacial score (nSPS) is 24.9. The second-order valence-corrected chi connectivity index (χ2v) is 8.23. The molecule has 2 heterocycles. The smallest absolute Gasteiger partial charge is 0.150 e. The van der Waals surface area contributed by atoms with Crippen LogP contribution in [0.3, 0.4) is 0 Å². The number of sulfone groups is 1. The lowest BCUT2D eigenvalue weighted by Gasteiger charge is -2.16. The lowest BCUT2D eigenvalue weighted by atomic mass is 9.97. The van der Waals surface area contributed by atoms with E-state index in [4.69, 9.17) is 5.73 Å². The van der Waals surface area contributed by atoms with Gasteiger partial charge in [-0.3, -0.25) is 0 Å². The molecule has 0 amide bonds. The first-order chi connectivity index (χ1) is 8.00. The monoisotopic (exact) mass is 273 g/mol. The molecule has 17 heavy (non-hydrogen) atoms. The van der Waals surface area contributed by atoms with Gasteiger partial charge in [-0.15, -0.1) is 11.3 Å². The molecule has 1 saturated heterocycles. The van der Waals surface area contributed by atoms with Crippen LogP contribution in [0.15, 0.2) is 12.1 Å². The predicted octanol–water partition coefficient (Wildman–Crippen LogP) is 1.62. The fraction of sp³-hybridized carbons (Fsp3) is 0.667. The van der Waals surface area contributed by atoms with E-state index in [0.29, 0.717) is 5.75 Å². The average Bonchev–Trinajstić information content (AvgIpc) is 2.84. The van der Waals surface area contributed by atoms with Gasteiger partial charge in [-0.25, -0.2) is 8.42 Å². The van der Waals surface area contributed by atoms with E-state index in [9.17, 15) is 8.42 Å². The van der Waals surface area contributed by atoms with Gasteiger partial charge in [-0.05, 0) is 37.3 Å². The van der Waals surface area contributed by atoms with E-state index in [1.807, 2.05) is 0 Å². The second kappa shape index (κ2) is 5.08. The Kier molecular flexibility index (Phi) is 3.90. The molecule has 5 heteroatoms. The number of rotatable bonds is 4. The minimum absolute atomic E-state index is 0.0179. The van der Waals surface area contributed by atoms with Crippen molar-refractivity contribution in [3.8, 4) is 0 Å². The van der Waals surface area contributed by atoms with Crippen LogP contribution in [-0.4, -0.2) is 26.0 Å². The van der Waals surface area contributed by atoms with Crippen LogP contribution < -0.4 is 5.73 Å². The summed E-state index contributed by atoms with van der Waals surface area (Å²) in [4.78, 5) is 2.64. The van der Waals surface area contributed by atoms with Crippen molar-refractivity contribution in [1.29, 1.82) is 0 Å². The minimum Gasteiger partial charge on any atom is -0.327 e. The molecule has 0 spiro atoms. The Labute approximate surface area is 107 Å². The molecule has 1 aliphatic rings. The minimum atomic E-state index is -2.81. The Morgan fingerprint density at radius 1 is 1.47 bits per heavy atom. The van der Waals surface area contributed by atoms with Gasteiger partial charge >= 0.3 is 0 Å². The van der Waals surface area contributed by atoms with Crippen molar-refractivity contribution in [2.45, 2.75) is 32.2 Å². The molecule has 0 saturated carbocycles. The molecule has 96 valence electrons. The number of hydrogen-bond donors (Lipinski definition) is 1. The van der Waals surface area contributed by atoms with Crippen molar-refractivity contribution in [2.24, 2.45) is 11.7 Å². The highest BCUT2D eigenvalue weighted by atomic mass is 32.2. The van der Waals surface area contributed by atoms with E-state index in [1.165, 1.54) is 9.75 Å². The van der Waals surface area contributed by atoms with Crippen LogP contribution in [-0.2, 0) is 22.7 Å². The van der Waals surface area contributed by atoms with Crippen molar-refractivity contribution in [3.63, 3.8) is 0 Å². The highest BCUT2D eigenvalue weighted by Crippen LogP contribution is 2.25. The van der Waals surface area contributed by atoms with Crippen LogP contribution in [0.25, 0.3) is 0 Å². The highest BCUT2D eigenvalue weighted by molar-refractivity contribution is 7.91. The molecule has 1 aromatic heterocycles. The summed E-state index contributed by atoms with van der Waals surface area (Å²) in [5, 5.41) is 0. The van der Waals surface area contributed by atoms with Gasteiger partial charge in [-0.1, -0.05) is 6.92 Å². The molecule has 3 nitrogen and oxygen atoms in total. The van der Waals surface area contributed by atoms with Crippen LogP contribution in [0, 0.1) is 5.92 Å². The van der Waals surface area contributed by atoms with Gasteiger partial charge in [0.25, 0.3) is 0 Å². The molecule has 1 aliphatic heterocycles. The Balaban J connectivity index is 1.95. The third-order valence-electron chi connectivity index (χ3n) is 3.38. The summed E-state index contributed by atoms with van der Waals surface area (Å²) in [6.07, 6.45) is 2.60. The highest BCUT2D eigenvalue weighted by Gasteiger charge is 2.32. The lowest BCUT2D eigenvalue weighted by molar-refractivity contribution is 0.463. The maximum absolute atomic E-state index is 11.4. The van der Waals surface area contributed by atoms with Crippen molar-refractivity contribution >= 4 is 21.2 Å². The van der Waals surface area contributed by atoms with E-state index in [1.54, 1.807) is 11.3 Å². The molecule has 2 N–H and O–H groups in total. The zero-order valence-electron chi connectivity index (χ0n) is 10.1. The quantitative estimate of drug-likeness (QED) is 0.906. The molecule has 0 radical (unpaired) electrons. The van der Waals surface area contributed by atoms with Crippen LogP contribution in [0.1, 0.15) is 23.1 Å². The Morgan fingerprint density at radius 3 is 2.71 bits per heavy atom. The van der Waals surface area contributed by atoms with Crippen molar-refractivity contribution in [2.75, 3.05) is 11.5 Å². The van der Waals surface area contributed by atoms with Gasteiger partial charge in [-0.2, -0.15) is 0 Å². The number of nitrogens with two attached hydrogens (primary N) is 1. The standard InChI is InChI=1S/C12H19NO2S2/c1-2-10-3-4-11(16-10)7-12(13)9-5-6-17(14,15)8-9/h3-4,9,12H,2,5-8,13H2,1H3. The van der Waals surface area contributed by atoms with E-state index < -0.39 is 9.84 Å². The molecule has 0 aliphatic carbocycles. The first-order valence-electron chi connectivity index (χ1n) is 6.04. The Bertz CT molecular complexity index is 478. The summed E-state index contributed by atoms with van der Waals surface area (Å²) < 4.78 is 22.8. The Morgan fingerprint density at radius 2 is 2.18 bits per heavy atom. The van der Waals surface area contributed by atoms with E-state index in [0.717, 1.165) is 19.3 Å².